The van der Waals surface area contributed by atoms with Crippen LogP contribution in [0.5, 0.6) is 5.75 Å². The van der Waals surface area contributed by atoms with Crippen molar-refractivity contribution in [1.29, 1.82) is 0 Å². The van der Waals surface area contributed by atoms with Crippen molar-refractivity contribution < 1.29 is 23.9 Å². The third kappa shape index (κ3) is 6.76. The summed E-state index contributed by atoms with van der Waals surface area (Å²) >= 11 is 0. The van der Waals surface area contributed by atoms with Crippen LogP contribution in [0.15, 0.2) is 54.6 Å². The summed E-state index contributed by atoms with van der Waals surface area (Å²) in [6.07, 6.45) is 0.600. The van der Waals surface area contributed by atoms with E-state index < -0.39 is 24.4 Å². The Morgan fingerprint density at radius 1 is 0.962 bits per heavy atom. The highest BCUT2D eigenvalue weighted by Gasteiger charge is 2.12. The Morgan fingerprint density at radius 2 is 1.65 bits per heavy atom. The van der Waals surface area contributed by atoms with Crippen molar-refractivity contribution in [2.45, 2.75) is 19.8 Å². The van der Waals surface area contributed by atoms with Crippen molar-refractivity contribution in [3.8, 4) is 5.75 Å². The van der Waals surface area contributed by atoms with Gasteiger partial charge in [-0.25, -0.2) is 0 Å². The van der Waals surface area contributed by atoms with Crippen LogP contribution in [0.1, 0.15) is 28.8 Å². The van der Waals surface area contributed by atoms with E-state index in [0.717, 1.165) is 11.3 Å². The maximum absolute atomic E-state index is 11.8. The molecule has 0 aliphatic heterocycles. The van der Waals surface area contributed by atoms with E-state index in [0.29, 0.717) is 18.6 Å². The molecule has 0 radical (unpaired) electrons. The number of imide groups is 1. The summed E-state index contributed by atoms with van der Waals surface area (Å²) in [6.45, 7) is 1.87. The average molecular weight is 355 g/mol. The minimum Gasteiger partial charge on any atom is -0.494 e. The van der Waals surface area contributed by atoms with Gasteiger partial charge in [0.15, 0.2) is 6.61 Å². The molecule has 0 saturated heterocycles. The van der Waals surface area contributed by atoms with Gasteiger partial charge in [-0.15, -0.1) is 0 Å². The maximum Gasteiger partial charge on any atom is 0.306 e. The van der Waals surface area contributed by atoms with Crippen LogP contribution in [-0.4, -0.2) is 31.0 Å². The summed E-state index contributed by atoms with van der Waals surface area (Å²) in [5, 5.41) is 2.17. The van der Waals surface area contributed by atoms with Crippen LogP contribution in [0.2, 0.25) is 0 Å². The summed E-state index contributed by atoms with van der Waals surface area (Å²) in [5.41, 5.74) is 1.50. The second kappa shape index (κ2) is 9.98. The molecule has 6 heteroatoms. The van der Waals surface area contributed by atoms with E-state index in [-0.39, 0.29) is 6.42 Å². The molecule has 0 saturated carbocycles. The first-order chi connectivity index (χ1) is 12.5. The average Bonchev–Trinajstić information content (AvgIpc) is 2.65. The van der Waals surface area contributed by atoms with Crippen molar-refractivity contribution in [3.05, 3.63) is 65.7 Å². The van der Waals surface area contributed by atoms with E-state index in [1.165, 1.54) is 0 Å². The highest BCUT2D eigenvalue weighted by molar-refractivity contribution is 6.05. The quantitative estimate of drug-likeness (QED) is 0.581. The van der Waals surface area contributed by atoms with Gasteiger partial charge in [-0.2, -0.15) is 0 Å². The van der Waals surface area contributed by atoms with Crippen LogP contribution in [-0.2, 0) is 14.3 Å². The number of esters is 1. The first kappa shape index (κ1) is 19.2. The lowest BCUT2D eigenvalue weighted by Gasteiger charge is -2.07. The number of aryl methyl sites for hydroxylation is 1. The van der Waals surface area contributed by atoms with Crippen molar-refractivity contribution in [2.75, 3.05) is 13.2 Å². The molecule has 0 bridgehead atoms. The molecule has 136 valence electrons. The van der Waals surface area contributed by atoms with Gasteiger partial charge in [-0.1, -0.05) is 35.9 Å². The lowest BCUT2D eigenvalue weighted by atomic mass is 10.2. The molecule has 6 nitrogen and oxygen atoms in total. The number of rotatable bonds is 8. The number of nitrogens with one attached hydrogen (secondary N) is 1. The zero-order valence-electron chi connectivity index (χ0n) is 14.6. The van der Waals surface area contributed by atoms with Crippen LogP contribution >= 0.6 is 0 Å². The fourth-order valence-electron chi connectivity index (χ4n) is 2.08. The second-order valence-corrected chi connectivity index (χ2v) is 5.67. The zero-order valence-corrected chi connectivity index (χ0v) is 14.6. The minimum atomic E-state index is -0.664. The van der Waals surface area contributed by atoms with Gasteiger partial charge in [-0.3, -0.25) is 19.7 Å². The molecule has 2 aromatic rings. The number of carbonyl (C=O) groups is 3. The summed E-state index contributed by atoms with van der Waals surface area (Å²) in [5.74, 6) is -0.969. The molecule has 2 amide bonds. The van der Waals surface area contributed by atoms with Gasteiger partial charge in [0.2, 0.25) is 0 Å². The summed E-state index contributed by atoms with van der Waals surface area (Å²) in [4.78, 5) is 35.0. The molecule has 2 rings (SSSR count). The number of benzene rings is 2. The maximum atomic E-state index is 11.8. The van der Waals surface area contributed by atoms with Gasteiger partial charge in [0.05, 0.1) is 6.61 Å². The van der Waals surface area contributed by atoms with E-state index in [2.05, 4.69) is 5.32 Å². The molecule has 0 aliphatic carbocycles. The number of hydrogen-bond acceptors (Lipinski definition) is 5. The molecular weight excluding hydrogens is 334 g/mol. The number of ether oxygens (including phenoxy) is 2. The van der Waals surface area contributed by atoms with Gasteiger partial charge >= 0.3 is 5.97 Å². The summed E-state index contributed by atoms with van der Waals surface area (Å²) in [6, 6.07) is 15.9. The first-order valence-electron chi connectivity index (χ1n) is 8.29. The van der Waals surface area contributed by atoms with Crippen molar-refractivity contribution in [3.63, 3.8) is 0 Å². The molecule has 26 heavy (non-hydrogen) atoms. The van der Waals surface area contributed by atoms with Gasteiger partial charge < -0.3 is 9.47 Å². The van der Waals surface area contributed by atoms with E-state index in [1.807, 2.05) is 31.2 Å². The second-order valence-electron chi connectivity index (χ2n) is 5.67. The Kier molecular flexibility index (Phi) is 7.36. The van der Waals surface area contributed by atoms with Crippen LogP contribution in [0.3, 0.4) is 0 Å². The predicted molar refractivity (Wildman–Crippen MR) is 95.8 cm³/mol. The Morgan fingerprint density at radius 3 is 2.35 bits per heavy atom. The van der Waals surface area contributed by atoms with Crippen molar-refractivity contribution in [2.24, 2.45) is 0 Å². The normalized spacial score (nSPS) is 10.0. The van der Waals surface area contributed by atoms with Gasteiger partial charge in [0.1, 0.15) is 5.75 Å². The Bertz CT molecular complexity index is 741. The molecule has 0 atom stereocenters. The van der Waals surface area contributed by atoms with Crippen LogP contribution in [0.25, 0.3) is 0 Å². The SMILES string of the molecule is Cc1ccc(OCCCC(=O)OCC(=O)NC(=O)c2ccccc2)cc1. The third-order valence-corrected chi connectivity index (χ3v) is 3.47. The molecule has 0 aliphatic rings. The van der Waals surface area contributed by atoms with Crippen LogP contribution < -0.4 is 10.1 Å². The molecule has 0 aromatic heterocycles. The minimum absolute atomic E-state index is 0.131. The largest absolute Gasteiger partial charge is 0.494 e. The van der Waals surface area contributed by atoms with E-state index in [1.54, 1.807) is 30.3 Å². The van der Waals surface area contributed by atoms with E-state index >= 15 is 0 Å². The van der Waals surface area contributed by atoms with Gasteiger partial charge in [-0.05, 0) is 37.6 Å². The van der Waals surface area contributed by atoms with Gasteiger partial charge in [0, 0.05) is 12.0 Å². The lowest BCUT2D eigenvalue weighted by molar-refractivity contribution is -0.148. The van der Waals surface area contributed by atoms with Crippen LogP contribution in [0.4, 0.5) is 0 Å². The molecule has 2 aromatic carbocycles. The Hall–Kier alpha value is -3.15. The van der Waals surface area contributed by atoms with Crippen molar-refractivity contribution >= 4 is 17.8 Å². The highest BCUT2D eigenvalue weighted by atomic mass is 16.5. The first-order valence-corrected chi connectivity index (χ1v) is 8.29. The number of hydrogen-bond donors (Lipinski definition) is 1. The molecule has 0 heterocycles. The number of carbonyl (C=O) groups excluding carboxylic acids is 3. The lowest BCUT2D eigenvalue weighted by Crippen LogP contribution is -2.34. The molecule has 1 N–H and O–H groups in total. The zero-order chi connectivity index (χ0) is 18.8. The fourth-order valence-corrected chi connectivity index (χ4v) is 2.08. The topological polar surface area (TPSA) is 81.7 Å². The molecule has 0 unspecified atom stereocenters. The summed E-state index contributed by atoms with van der Waals surface area (Å²) in [7, 11) is 0. The molecular formula is C20H21NO5. The standard InChI is InChI=1S/C20H21NO5/c1-15-9-11-17(12-10-15)25-13-5-8-19(23)26-14-18(22)21-20(24)16-6-3-2-4-7-16/h2-4,6-7,9-12H,5,8,13-14H2,1H3,(H,21,22,24). The Balaban J connectivity index is 1.60. The van der Waals surface area contributed by atoms with E-state index in [9.17, 15) is 14.4 Å². The van der Waals surface area contributed by atoms with Gasteiger partial charge in [0.25, 0.3) is 11.8 Å². The highest BCUT2D eigenvalue weighted by Crippen LogP contribution is 2.11. The number of amides is 2. The third-order valence-electron chi connectivity index (χ3n) is 3.47. The van der Waals surface area contributed by atoms with Crippen molar-refractivity contribution in [1.82, 2.24) is 5.32 Å². The fraction of sp³-hybridized carbons (Fsp3) is 0.250. The smallest absolute Gasteiger partial charge is 0.306 e. The predicted octanol–water partition coefficient (Wildman–Crippen LogP) is 2.65. The van der Waals surface area contributed by atoms with Crippen LogP contribution in [0, 0.1) is 6.92 Å². The summed E-state index contributed by atoms with van der Waals surface area (Å²) < 4.78 is 10.4. The Labute approximate surface area is 152 Å². The molecule has 0 spiro atoms. The van der Waals surface area contributed by atoms with E-state index in [4.69, 9.17) is 9.47 Å². The molecule has 0 fully saturated rings. The monoisotopic (exact) mass is 355 g/mol.